The summed E-state index contributed by atoms with van der Waals surface area (Å²) in [6, 6.07) is 7.39. The lowest BCUT2D eigenvalue weighted by atomic mass is 10.0. The van der Waals surface area contributed by atoms with Gasteiger partial charge >= 0.3 is 6.18 Å². The second-order valence-electron chi connectivity index (χ2n) is 7.22. The molecule has 5 nitrogen and oxygen atoms in total. The third-order valence-corrected chi connectivity index (χ3v) is 4.50. The lowest BCUT2D eigenvalue weighted by Crippen LogP contribution is -2.51. The van der Waals surface area contributed by atoms with Crippen molar-refractivity contribution in [1.29, 1.82) is 0 Å². The van der Waals surface area contributed by atoms with Gasteiger partial charge in [-0.3, -0.25) is 9.69 Å². The first-order chi connectivity index (χ1) is 12.7. The van der Waals surface area contributed by atoms with E-state index in [0.717, 1.165) is 10.5 Å². The molecule has 1 saturated heterocycles. The number of nitrogens with zero attached hydrogens (tertiary/aromatic N) is 2. The van der Waals surface area contributed by atoms with E-state index >= 15 is 0 Å². The quantitative estimate of drug-likeness (QED) is 0.781. The van der Waals surface area contributed by atoms with Crippen molar-refractivity contribution >= 4 is 5.91 Å². The van der Waals surface area contributed by atoms with Crippen LogP contribution in [-0.4, -0.2) is 68.3 Å². The van der Waals surface area contributed by atoms with Crippen LogP contribution in [0.25, 0.3) is 0 Å². The highest BCUT2D eigenvalue weighted by Gasteiger charge is 2.35. The average molecular weight is 387 g/mol. The number of piperazine rings is 1. The maximum absolute atomic E-state index is 12.9. The van der Waals surface area contributed by atoms with Crippen LogP contribution in [-0.2, 0) is 4.79 Å². The molecule has 1 aliphatic rings. The molecule has 27 heavy (non-hydrogen) atoms. The Hall–Kier alpha value is -1.80. The van der Waals surface area contributed by atoms with E-state index in [1.807, 2.05) is 29.2 Å². The minimum absolute atomic E-state index is 0.0377. The molecule has 1 atom stereocenters. The van der Waals surface area contributed by atoms with Gasteiger partial charge in [0.1, 0.15) is 12.3 Å². The van der Waals surface area contributed by atoms with Crippen LogP contribution < -0.4 is 10.1 Å². The molecule has 0 spiro atoms. The molecule has 8 heteroatoms. The molecule has 1 unspecified atom stereocenters. The molecule has 0 aliphatic carbocycles. The highest BCUT2D eigenvalue weighted by atomic mass is 19.4. The highest BCUT2D eigenvalue weighted by Crippen LogP contribution is 2.30. The molecule has 1 N–H and O–H groups in total. The predicted molar refractivity (Wildman–Crippen MR) is 97.7 cm³/mol. The monoisotopic (exact) mass is 387 g/mol. The Bertz CT molecular complexity index is 622. The maximum atomic E-state index is 12.9. The number of halogens is 3. The Morgan fingerprint density at radius 2 is 2.07 bits per heavy atom. The zero-order chi connectivity index (χ0) is 20.0. The molecule has 1 fully saturated rings. The summed E-state index contributed by atoms with van der Waals surface area (Å²) in [6.45, 7) is 4.31. The SMILES string of the molecule is COc1ccccc1C1CNCCN1CC(=O)N(CC(C)C)CC(F)(F)F. The van der Waals surface area contributed by atoms with Crippen LogP contribution in [0.15, 0.2) is 24.3 Å². The number of hydrogen-bond acceptors (Lipinski definition) is 4. The predicted octanol–water partition coefficient (Wildman–Crippen LogP) is 2.69. The Balaban J connectivity index is 2.16. The summed E-state index contributed by atoms with van der Waals surface area (Å²) in [4.78, 5) is 15.5. The second kappa shape index (κ2) is 9.41. The summed E-state index contributed by atoms with van der Waals surface area (Å²) in [5.74, 6) is 0.171. The molecule has 2 rings (SSSR count). The van der Waals surface area contributed by atoms with Crippen LogP contribution in [0.3, 0.4) is 0 Å². The van der Waals surface area contributed by atoms with E-state index in [9.17, 15) is 18.0 Å². The van der Waals surface area contributed by atoms with Gasteiger partial charge in [0.25, 0.3) is 0 Å². The lowest BCUT2D eigenvalue weighted by Gasteiger charge is -2.38. The van der Waals surface area contributed by atoms with Gasteiger partial charge in [0, 0.05) is 31.7 Å². The topological polar surface area (TPSA) is 44.8 Å². The molecule has 1 aromatic carbocycles. The third-order valence-electron chi connectivity index (χ3n) is 4.50. The number of amides is 1. The molecule has 0 saturated carbocycles. The van der Waals surface area contributed by atoms with Gasteiger partial charge in [-0.05, 0) is 12.0 Å². The third kappa shape index (κ3) is 6.39. The van der Waals surface area contributed by atoms with Crippen LogP contribution in [0.2, 0.25) is 0 Å². The van der Waals surface area contributed by atoms with Gasteiger partial charge in [0.15, 0.2) is 0 Å². The number of para-hydroxylation sites is 1. The van der Waals surface area contributed by atoms with Gasteiger partial charge < -0.3 is 15.0 Å². The van der Waals surface area contributed by atoms with E-state index in [2.05, 4.69) is 5.32 Å². The lowest BCUT2D eigenvalue weighted by molar-refractivity contribution is -0.163. The maximum Gasteiger partial charge on any atom is 0.406 e. The molecule has 1 aliphatic heterocycles. The van der Waals surface area contributed by atoms with Gasteiger partial charge in [-0.1, -0.05) is 32.0 Å². The Morgan fingerprint density at radius 3 is 2.70 bits per heavy atom. The van der Waals surface area contributed by atoms with E-state index < -0.39 is 18.6 Å². The molecular formula is C19H28F3N3O2. The summed E-state index contributed by atoms with van der Waals surface area (Å²) in [5.41, 5.74) is 0.922. The molecule has 0 bridgehead atoms. The van der Waals surface area contributed by atoms with Crippen LogP contribution in [0.4, 0.5) is 13.2 Å². The van der Waals surface area contributed by atoms with E-state index in [1.54, 1.807) is 21.0 Å². The zero-order valence-electron chi connectivity index (χ0n) is 16.1. The van der Waals surface area contributed by atoms with Crippen LogP contribution in [0, 0.1) is 5.92 Å². The normalized spacial score (nSPS) is 18.6. The summed E-state index contributed by atoms with van der Waals surface area (Å²) in [7, 11) is 1.58. The summed E-state index contributed by atoms with van der Waals surface area (Å²) < 4.78 is 44.1. The Kier molecular flexibility index (Phi) is 7.49. The van der Waals surface area contributed by atoms with Crippen molar-refractivity contribution in [3.8, 4) is 5.75 Å². The Morgan fingerprint density at radius 1 is 1.37 bits per heavy atom. The van der Waals surface area contributed by atoms with E-state index in [4.69, 9.17) is 4.74 Å². The zero-order valence-corrected chi connectivity index (χ0v) is 16.1. The summed E-state index contributed by atoms with van der Waals surface area (Å²) in [6.07, 6.45) is -4.41. The molecule has 0 radical (unpaired) electrons. The van der Waals surface area contributed by atoms with Crippen LogP contribution in [0.1, 0.15) is 25.5 Å². The summed E-state index contributed by atoms with van der Waals surface area (Å²) in [5, 5.41) is 3.29. The van der Waals surface area contributed by atoms with Crippen molar-refractivity contribution in [2.75, 3.05) is 46.4 Å². The first-order valence-electron chi connectivity index (χ1n) is 9.13. The second-order valence-corrected chi connectivity index (χ2v) is 7.22. The van der Waals surface area contributed by atoms with E-state index in [0.29, 0.717) is 25.4 Å². The van der Waals surface area contributed by atoms with Crippen molar-refractivity contribution < 1.29 is 22.7 Å². The van der Waals surface area contributed by atoms with Crippen molar-refractivity contribution in [1.82, 2.24) is 15.1 Å². The number of carbonyl (C=O) groups excluding carboxylic acids is 1. The van der Waals surface area contributed by atoms with Gasteiger partial charge in [-0.25, -0.2) is 0 Å². The van der Waals surface area contributed by atoms with Crippen molar-refractivity contribution in [3.05, 3.63) is 29.8 Å². The number of benzene rings is 1. The van der Waals surface area contributed by atoms with Gasteiger partial charge in [0.05, 0.1) is 19.7 Å². The minimum Gasteiger partial charge on any atom is -0.496 e. The minimum atomic E-state index is -4.41. The van der Waals surface area contributed by atoms with Crippen molar-refractivity contribution in [3.63, 3.8) is 0 Å². The molecule has 1 heterocycles. The molecule has 1 amide bonds. The van der Waals surface area contributed by atoms with Crippen molar-refractivity contribution in [2.24, 2.45) is 5.92 Å². The number of hydrogen-bond donors (Lipinski definition) is 1. The standard InChI is InChI=1S/C19H28F3N3O2/c1-14(2)11-25(13-19(20,21)22)18(26)12-24-9-8-23-10-16(24)15-6-4-5-7-17(15)27-3/h4-7,14,16,23H,8-13H2,1-3H3. The smallest absolute Gasteiger partial charge is 0.406 e. The van der Waals surface area contributed by atoms with Gasteiger partial charge in [-0.15, -0.1) is 0 Å². The van der Waals surface area contributed by atoms with Gasteiger partial charge in [-0.2, -0.15) is 13.2 Å². The first-order valence-corrected chi connectivity index (χ1v) is 9.13. The molecule has 0 aromatic heterocycles. The number of carbonyl (C=O) groups is 1. The van der Waals surface area contributed by atoms with E-state index in [-0.39, 0.29) is 25.0 Å². The number of methoxy groups -OCH3 is 1. The van der Waals surface area contributed by atoms with Crippen LogP contribution >= 0.6 is 0 Å². The fourth-order valence-corrected chi connectivity index (χ4v) is 3.37. The molecule has 152 valence electrons. The van der Waals surface area contributed by atoms with Crippen molar-refractivity contribution in [2.45, 2.75) is 26.1 Å². The first kappa shape index (κ1) is 21.5. The molecular weight excluding hydrogens is 359 g/mol. The fraction of sp³-hybridized carbons (Fsp3) is 0.632. The highest BCUT2D eigenvalue weighted by molar-refractivity contribution is 5.78. The van der Waals surface area contributed by atoms with Gasteiger partial charge in [0.2, 0.25) is 5.91 Å². The number of rotatable bonds is 7. The van der Waals surface area contributed by atoms with E-state index in [1.165, 1.54) is 0 Å². The number of alkyl halides is 3. The number of nitrogens with one attached hydrogen (secondary N) is 1. The Labute approximate surface area is 158 Å². The summed E-state index contributed by atoms with van der Waals surface area (Å²) >= 11 is 0. The molecule has 1 aromatic rings. The fourth-order valence-electron chi connectivity index (χ4n) is 3.37. The largest absolute Gasteiger partial charge is 0.496 e. The number of ether oxygens (including phenoxy) is 1. The average Bonchev–Trinajstić information content (AvgIpc) is 2.60. The van der Waals surface area contributed by atoms with Crippen LogP contribution in [0.5, 0.6) is 5.75 Å².